The second-order valence-electron chi connectivity index (χ2n) is 7.82. The molecule has 0 radical (unpaired) electrons. The van der Waals surface area contributed by atoms with Crippen molar-refractivity contribution >= 4 is 0 Å². The molecular weight excluding hydrogens is 240 g/mol. The largest absolute Gasteiger partial charge is 0.0654 e. The van der Waals surface area contributed by atoms with Crippen LogP contribution in [0.4, 0.5) is 0 Å². The van der Waals surface area contributed by atoms with Gasteiger partial charge in [0.2, 0.25) is 0 Å². The molecule has 2 aliphatic rings. The van der Waals surface area contributed by atoms with E-state index >= 15 is 0 Å². The molecule has 0 heterocycles. The molecule has 0 unspecified atom stereocenters. The summed E-state index contributed by atoms with van der Waals surface area (Å²) in [7, 11) is 0. The molecule has 0 amide bonds. The van der Waals surface area contributed by atoms with Crippen molar-refractivity contribution in [3.63, 3.8) is 0 Å². The van der Waals surface area contributed by atoms with Gasteiger partial charge >= 0.3 is 0 Å². The number of hydrogen-bond donors (Lipinski definition) is 0. The lowest BCUT2D eigenvalue weighted by Crippen LogP contribution is -2.16. The summed E-state index contributed by atoms with van der Waals surface area (Å²) in [5, 5.41) is 0. The van der Waals surface area contributed by atoms with E-state index in [0.717, 1.165) is 17.8 Å². The molecule has 2 fully saturated rings. The van der Waals surface area contributed by atoms with Crippen molar-refractivity contribution < 1.29 is 0 Å². The van der Waals surface area contributed by atoms with E-state index in [1.165, 1.54) is 51.4 Å². The van der Waals surface area contributed by atoms with Gasteiger partial charge in [-0.05, 0) is 17.8 Å². The highest BCUT2D eigenvalue weighted by atomic mass is 14.3. The van der Waals surface area contributed by atoms with Crippen molar-refractivity contribution in [2.24, 2.45) is 17.8 Å². The predicted molar refractivity (Wildman–Crippen MR) is 90.0 cm³/mol. The van der Waals surface area contributed by atoms with E-state index in [-0.39, 0.29) is 0 Å². The molecule has 2 rings (SSSR count). The van der Waals surface area contributed by atoms with Crippen molar-refractivity contribution in [3.8, 4) is 0 Å². The Bertz CT molecular complexity index is 218. The van der Waals surface area contributed by atoms with Gasteiger partial charge in [0, 0.05) is 0 Å². The molecule has 2 aliphatic carbocycles. The van der Waals surface area contributed by atoms with Crippen LogP contribution in [0, 0.1) is 17.8 Å². The molecule has 0 aromatic carbocycles. The summed E-state index contributed by atoms with van der Waals surface area (Å²) in [6.07, 6.45) is 24.4. The molecule has 0 atom stereocenters. The van der Waals surface area contributed by atoms with Gasteiger partial charge in [-0.25, -0.2) is 0 Å². The lowest BCUT2D eigenvalue weighted by atomic mass is 9.76. The highest BCUT2D eigenvalue weighted by Crippen LogP contribution is 2.36. The highest BCUT2D eigenvalue weighted by molar-refractivity contribution is 4.75. The Kier molecular flexibility index (Phi) is 8.06. The first-order valence-corrected chi connectivity index (χ1v) is 9.88. The molecular formula is C20H38. The topological polar surface area (TPSA) is 0 Å². The molecule has 0 aromatic heterocycles. The van der Waals surface area contributed by atoms with Crippen molar-refractivity contribution in [3.05, 3.63) is 0 Å². The monoisotopic (exact) mass is 278 g/mol. The minimum Gasteiger partial charge on any atom is -0.0654 e. The maximum Gasteiger partial charge on any atom is -0.0414 e. The summed E-state index contributed by atoms with van der Waals surface area (Å²) in [4.78, 5) is 0. The number of rotatable bonds is 8. The number of hydrogen-bond acceptors (Lipinski definition) is 0. The van der Waals surface area contributed by atoms with Gasteiger partial charge in [-0.3, -0.25) is 0 Å². The van der Waals surface area contributed by atoms with Gasteiger partial charge in [0.05, 0.1) is 0 Å². The fourth-order valence-electron chi connectivity index (χ4n) is 4.62. The molecule has 2 saturated carbocycles. The molecule has 0 saturated heterocycles. The lowest BCUT2D eigenvalue weighted by molar-refractivity contribution is 0.226. The van der Waals surface area contributed by atoms with E-state index < -0.39 is 0 Å². The van der Waals surface area contributed by atoms with Gasteiger partial charge in [-0.2, -0.15) is 0 Å². The van der Waals surface area contributed by atoms with Crippen molar-refractivity contribution in [2.45, 2.75) is 110 Å². The highest BCUT2D eigenvalue weighted by Gasteiger charge is 2.22. The quantitative estimate of drug-likeness (QED) is 0.414. The zero-order valence-corrected chi connectivity index (χ0v) is 14.0. The third-order valence-electron chi connectivity index (χ3n) is 6.14. The molecule has 118 valence electrons. The fourth-order valence-corrected chi connectivity index (χ4v) is 4.62. The Labute approximate surface area is 128 Å². The van der Waals surface area contributed by atoms with Crippen LogP contribution in [0.5, 0.6) is 0 Å². The van der Waals surface area contributed by atoms with Gasteiger partial charge < -0.3 is 0 Å². The Morgan fingerprint density at radius 1 is 0.550 bits per heavy atom. The van der Waals surface area contributed by atoms with Crippen LogP contribution in [-0.4, -0.2) is 0 Å². The Morgan fingerprint density at radius 2 is 1.10 bits per heavy atom. The molecule has 0 N–H and O–H groups in total. The summed E-state index contributed by atoms with van der Waals surface area (Å²) < 4.78 is 0. The number of unbranched alkanes of at least 4 members (excludes halogenated alkanes) is 3. The summed E-state index contributed by atoms with van der Waals surface area (Å²) in [6.45, 7) is 2.32. The first kappa shape index (κ1) is 16.4. The molecule has 20 heavy (non-hydrogen) atoms. The average Bonchev–Trinajstić information content (AvgIpc) is 2.52. The van der Waals surface area contributed by atoms with E-state index in [9.17, 15) is 0 Å². The molecule has 0 spiro atoms. The Hall–Kier alpha value is 0. The molecule has 0 heteroatoms. The Morgan fingerprint density at radius 3 is 1.70 bits per heavy atom. The summed E-state index contributed by atoms with van der Waals surface area (Å²) in [6, 6.07) is 0. The third-order valence-corrected chi connectivity index (χ3v) is 6.14. The normalized spacial score (nSPS) is 28.6. The van der Waals surface area contributed by atoms with E-state index in [1.54, 1.807) is 51.4 Å². The summed E-state index contributed by atoms with van der Waals surface area (Å²) in [5.41, 5.74) is 0. The predicted octanol–water partition coefficient (Wildman–Crippen LogP) is 7.12. The first-order chi connectivity index (χ1) is 9.88. The average molecular weight is 279 g/mol. The van der Waals surface area contributed by atoms with E-state index in [4.69, 9.17) is 0 Å². The Balaban J connectivity index is 1.50. The minimum absolute atomic E-state index is 1.10. The van der Waals surface area contributed by atoms with Crippen LogP contribution in [0.1, 0.15) is 110 Å². The van der Waals surface area contributed by atoms with Gasteiger partial charge in [-0.15, -0.1) is 0 Å². The molecule has 0 nitrogen and oxygen atoms in total. The SMILES string of the molecule is CCCCCCC1CCC(CCC2CCCCC2)CC1. The molecule has 0 bridgehead atoms. The third kappa shape index (κ3) is 6.19. The van der Waals surface area contributed by atoms with Gasteiger partial charge in [-0.1, -0.05) is 110 Å². The summed E-state index contributed by atoms with van der Waals surface area (Å²) >= 11 is 0. The zero-order valence-electron chi connectivity index (χ0n) is 14.0. The van der Waals surface area contributed by atoms with Gasteiger partial charge in [0.1, 0.15) is 0 Å². The molecule has 0 aromatic rings. The first-order valence-electron chi connectivity index (χ1n) is 9.88. The standard InChI is InChI=1S/C20H38/c1-2-3-4-6-11-19-13-16-20(17-14-19)15-12-18-9-7-5-8-10-18/h18-20H,2-17H2,1H3. The van der Waals surface area contributed by atoms with Crippen molar-refractivity contribution in [2.75, 3.05) is 0 Å². The van der Waals surface area contributed by atoms with Crippen molar-refractivity contribution in [1.82, 2.24) is 0 Å². The van der Waals surface area contributed by atoms with Crippen LogP contribution in [0.3, 0.4) is 0 Å². The second-order valence-corrected chi connectivity index (χ2v) is 7.82. The smallest absolute Gasteiger partial charge is 0.0414 e. The van der Waals surface area contributed by atoms with Crippen LogP contribution in [-0.2, 0) is 0 Å². The van der Waals surface area contributed by atoms with Crippen LogP contribution >= 0.6 is 0 Å². The van der Waals surface area contributed by atoms with Crippen molar-refractivity contribution in [1.29, 1.82) is 0 Å². The van der Waals surface area contributed by atoms with E-state index in [2.05, 4.69) is 6.92 Å². The van der Waals surface area contributed by atoms with E-state index in [1.807, 2.05) is 0 Å². The van der Waals surface area contributed by atoms with Crippen LogP contribution in [0.15, 0.2) is 0 Å². The second kappa shape index (κ2) is 9.85. The maximum atomic E-state index is 2.32. The van der Waals surface area contributed by atoms with Gasteiger partial charge in [0.15, 0.2) is 0 Å². The van der Waals surface area contributed by atoms with Crippen LogP contribution < -0.4 is 0 Å². The lowest BCUT2D eigenvalue weighted by Gasteiger charge is -2.30. The van der Waals surface area contributed by atoms with Crippen LogP contribution in [0.25, 0.3) is 0 Å². The van der Waals surface area contributed by atoms with Crippen LogP contribution in [0.2, 0.25) is 0 Å². The van der Waals surface area contributed by atoms with E-state index in [0.29, 0.717) is 0 Å². The maximum absolute atomic E-state index is 2.32. The van der Waals surface area contributed by atoms with Gasteiger partial charge in [0.25, 0.3) is 0 Å². The zero-order chi connectivity index (χ0) is 14.0. The summed E-state index contributed by atoms with van der Waals surface area (Å²) in [5.74, 6) is 3.30. The fraction of sp³-hybridized carbons (Fsp3) is 1.00. The molecule has 0 aliphatic heterocycles. The minimum atomic E-state index is 1.10.